The summed E-state index contributed by atoms with van der Waals surface area (Å²) in [6, 6.07) is 12.4. The van der Waals surface area contributed by atoms with E-state index in [0.29, 0.717) is 34.2 Å². The topological polar surface area (TPSA) is 86.8 Å². The Morgan fingerprint density at radius 2 is 1.70 bits per heavy atom. The Morgan fingerprint density at radius 1 is 1.00 bits per heavy atom. The predicted octanol–water partition coefficient (Wildman–Crippen LogP) is 3.85. The van der Waals surface area contributed by atoms with Crippen LogP contribution >= 0.6 is 11.3 Å². The normalized spacial score (nSPS) is 10.4. The van der Waals surface area contributed by atoms with Gasteiger partial charge >= 0.3 is 5.97 Å². The lowest BCUT2D eigenvalue weighted by Crippen LogP contribution is -2.22. The largest absolute Gasteiger partial charge is 0.493 e. The van der Waals surface area contributed by atoms with Crippen LogP contribution in [0.1, 0.15) is 31.3 Å². The number of aromatic nitrogens is 1. The summed E-state index contributed by atoms with van der Waals surface area (Å²) in [5, 5.41) is 3.62. The number of esters is 1. The number of carbonyl (C=O) groups is 2. The number of rotatable bonds is 7. The van der Waals surface area contributed by atoms with E-state index in [2.05, 4.69) is 15.0 Å². The average Bonchev–Trinajstić information content (AvgIpc) is 3.18. The van der Waals surface area contributed by atoms with Crippen molar-refractivity contribution >= 4 is 23.2 Å². The number of hydrogen-bond donors (Lipinski definition) is 1. The fourth-order valence-electron chi connectivity index (χ4n) is 2.84. The molecule has 0 saturated carbocycles. The summed E-state index contributed by atoms with van der Waals surface area (Å²) < 4.78 is 15.3. The molecule has 30 heavy (non-hydrogen) atoms. The van der Waals surface area contributed by atoms with Gasteiger partial charge < -0.3 is 19.5 Å². The highest BCUT2D eigenvalue weighted by molar-refractivity contribution is 7.17. The molecule has 0 saturated heterocycles. The number of nitrogens with zero attached hydrogens (tertiary/aromatic N) is 1. The van der Waals surface area contributed by atoms with Crippen molar-refractivity contribution < 1.29 is 23.8 Å². The van der Waals surface area contributed by atoms with Gasteiger partial charge in [0.05, 0.1) is 32.6 Å². The summed E-state index contributed by atoms with van der Waals surface area (Å²) in [6.45, 7) is 2.14. The van der Waals surface area contributed by atoms with E-state index < -0.39 is 5.97 Å². The van der Waals surface area contributed by atoms with Gasteiger partial charge in [-0.25, -0.2) is 9.78 Å². The molecule has 0 aliphatic carbocycles. The van der Waals surface area contributed by atoms with Crippen LogP contribution in [0.25, 0.3) is 10.6 Å². The molecule has 0 aliphatic rings. The maximum Gasteiger partial charge on any atom is 0.337 e. The van der Waals surface area contributed by atoms with Crippen LogP contribution in [0.4, 0.5) is 0 Å². The van der Waals surface area contributed by atoms with Gasteiger partial charge in [0, 0.05) is 12.1 Å². The number of methoxy groups -OCH3 is 3. The Bertz CT molecular complexity index is 1060. The highest BCUT2D eigenvalue weighted by Crippen LogP contribution is 2.35. The van der Waals surface area contributed by atoms with Gasteiger partial charge in [-0.05, 0) is 42.8 Å². The molecule has 0 unspecified atom stereocenters. The van der Waals surface area contributed by atoms with Crippen molar-refractivity contribution in [3.05, 3.63) is 64.2 Å². The Balaban J connectivity index is 1.72. The number of hydrogen-bond acceptors (Lipinski definition) is 7. The Hall–Kier alpha value is -3.39. The molecule has 1 heterocycles. The highest BCUT2D eigenvalue weighted by Gasteiger charge is 2.17. The van der Waals surface area contributed by atoms with Crippen LogP contribution in [0.15, 0.2) is 42.5 Å². The van der Waals surface area contributed by atoms with Crippen LogP contribution in [-0.2, 0) is 11.3 Å². The lowest BCUT2D eigenvalue weighted by Gasteiger charge is -2.08. The summed E-state index contributed by atoms with van der Waals surface area (Å²) >= 11 is 1.32. The van der Waals surface area contributed by atoms with Crippen molar-refractivity contribution in [2.24, 2.45) is 0 Å². The zero-order chi connectivity index (χ0) is 21.7. The van der Waals surface area contributed by atoms with E-state index in [9.17, 15) is 9.59 Å². The zero-order valence-electron chi connectivity index (χ0n) is 17.1. The first-order valence-electron chi connectivity index (χ1n) is 9.12. The van der Waals surface area contributed by atoms with Gasteiger partial charge in [0.25, 0.3) is 5.91 Å². The van der Waals surface area contributed by atoms with Crippen LogP contribution < -0.4 is 14.8 Å². The monoisotopic (exact) mass is 426 g/mol. The van der Waals surface area contributed by atoms with Crippen LogP contribution in [0.3, 0.4) is 0 Å². The summed E-state index contributed by atoms with van der Waals surface area (Å²) in [6.07, 6.45) is 0. The first-order valence-corrected chi connectivity index (χ1v) is 9.93. The van der Waals surface area contributed by atoms with Gasteiger partial charge in [0.1, 0.15) is 9.88 Å². The van der Waals surface area contributed by atoms with E-state index in [1.807, 2.05) is 18.2 Å². The fourth-order valence-corrected chi connectivity index (χ4v) is 3.82. The van der Waals surface area contributed by atoms with Crippen LogP contribution in [-0.4, -0.2) is 38.2 Å². The number of carbonyl (C=O) groups excluding carboxylic acids is 2. The predicted molar refractivity (Wildman–Crippen MR) is 114 cm³/mol. The van der Waals surface area contributed by atoms with Crippen LogP contribution in [0.2, 0.25) is 0 Å². The third-order valence-electron chi connectivity index (χ3n) is 4.46. The van der Waals surface area contributed by atoms with Gasteiger partial charge in [0.15, 0.2) is 11.5 Å². The van der Waals surface area contributed by atoms with E-state index in [0.717, 1.165) is 16.1 Å². The molecule has 1 amide bonds. The van der Waals surface area contributed by atoms with E-state index in [-0.39, 0.29) is 5.91 Å². The third kappa shape index (κ3) is 4.60. The smallest absolute Gasteiger partial charge is 0.337 e. The average molecular weight is 426 g/mol. The molecule has 0 fully saturated rings. The highest BCUT2D eigenvalue weighted by atomic mass is 32.1. The van der Waals surface area contributed by atoms with Crippen LogP contribution in [0.5, 0.6) is 11.5 Å². The van der Waals surface area contributed by atoms with Crippen molar-refractivity contribution in [3.63, 3.8) is 0 Å². The zero-order valence-corrected chi connectivity index (χ0v) is 18.0. The summed E-state index contributed by atoms with van der Waals surface area (Å²) in [5.41, 5.74) is 2.84. The number of amides is 1. The van der Waals surface area contributed by atoms with Crippen LogP contribution in [0, 0.1) is 6.92 Å². The molecular formula is C22H22N2O5S. The Kier molecular flexibility index (Phi) is 6.68. The maximum absolute atomic E-state index is 12.7. The first kappa shape index (κ1) is 21.3. The molecule has 1 aromatic heterocycles. The number of aryl methyl sites for hydroxylation is 1. The Labute approximate surface area is 178 Å². The fraction of sp³-hybridized carbons (Fsp3) is 0.227. The van der Waals surface area contributed by atoms with Crippen molar-refractivity contribution in [2.45, 2.75) is 13.5 Å². The summed E-state index contributed by atoms with van der Waals surface area (Å²) in [4.78, 5) is 29.3. The minimum absolute atomic E-state index is 0.200. The quantitative estimate of drug-likeness (QED) is 0.578. The van der Waals surface area contributed by atoms with E-state index in [1.54, 1.807) is 45.4 Å². The van der Waals surface area contributed by atoms with Gasteiger partial charge in [0.2, 0.25) is 0 Å². The molecule has 156 valence electrons. The molecular weight excluding hydrogens is 404 g/mol. The lowest BCUT2D eigenvalue weighted by atomic mass is 10.1. The molecule has 0 radical (unpaired) electrons. The number of nitrogens with one attached hydrogen (secondary N) is 1. The van der Waals surface area contributed by atoms with E-state index >= 15 is 0 Å². The molecule has 0 bridgehead atoms. The summed E-state index contributed by atoms with van der Waals surface area (Å²) in [7, 11) is 4.49. The van der Waals surface area contributed by atoms with Gasteiger partial charge in [-0.15, -0.1) is 11.3 Å². The summed E-state index contributed by atoms with van der Waals surface area (Å²) in [5.74, 6) is 0.636. The second-order valence-corrected chi connectivity index (χ2v) is 7.37. The number of ether oxygens (including phenoxy) is 3. The van der Waals surface area contributed by atoms with E-state index in [1.165, 1.54) is 18.4 Å². The molecule has 7 nitrogen and oxygen atoms in total. The van der Waals surface area contributed by atoms with Gasteiger partial charge in [-0.2, -0.15) is 0 Å². The minimum Gasteiger partial charge on any atom is -0.493 e. The Morgan fingerprint density at radius 3 is 2.33 bits per heavy atom. The molecule has 3 rings (SSSR count). The standard InChI is InChI=1S/C22H22N2O5S/c1-13-19(20(25)23-12-14-5-7-15(8-6-14)22(26)29-4)30-21(24-13)16-9-10-17(27-2)18(11-16)28-3/h5-11H,12H2,1-4H3,(H,23,25). The van der Waals surface area contributed by atoms with Crippen molar-refractivity contribution in [1.29, 1.82) is 0 Å². The molecule has 0 aliphatic heterocycles. The molecule has 1 N–H and O–H groups in total. The number of benzene rings is 2. The van der Waals surface area contributed by atoms with E-state index in [4.69, 9.17) is 9.47 Å². The SMILES string of the molecule is COC(=O)c1ccc(CNC(=O)c2sc(-c3ccc(OC)c(OC)c3)nc2C)cc1. The molecule has 8 heteroatoms. The third-order valence-corrected chi connectivity index (χ3v) is 5.67. The van der Waals surface area contributed by atoms with Crippen molar-refractivity contribution in [1.82, 2.24) is 10.3 Å². The molecule has 0 atom stereocenters. The first-order chi connectivity index (χ1) is 14.5. The minimum atomic E-state index is -0.395. The van der Waals surface area contributed by atoms with Gasteiger partial charge in [-0.3, -0.25) is 4.79 Å². The molecule has 0 spiro atoms. The number of thiazole rings is 1. The second kappa shape index (κ2) is 9.41. The lowest BCUT2D eigenvalue weighted by molar-refractivity contribution is 0.0600. The molecule has 3 aromatic rings. The van der Waals surface area contributed by atoms with Crippen molar-refractivity contribution in [2.75, 3.05) is 21.3 Å². The van der Waals surface area contributed by atoms with Gasteiger partial charge in [-0.1, -0.05) is 12.1 Å². The molecule has 2 aromatic carbocycles. The van der Waals surface area contributed by atoms with Crippen molar-refractivity contribution in [3.8, 4) is 22.1 Å². The second-order valence-electron chi connectivity index (χ2n) is 6.37. The maximum atomic E-state index is 12.7.